The summed E-state index contributed by atoms with van der Waals surface area (Å²) >= 11 is 0. The maximum Gasteiger partial charge on any atom is 0.291 e. The third kappa shape index (κ3) is 3.16. The lowest BCUT2D eigenvalue weighted by Crippen LogP contribution is -2.20. The number of furan rings is 1. The molecule has 0 unspecified atom stereocenters. The van der Waals surface area contributed by atoms with Crippen LogP contribution in [0.4, 0.5) is 5.69 Å². The van der Waals surface area contributed by atoms with E-state index in [1.54, 1.807) is 29.0 Å². The highest BCUT2D eigenvalue weighted by atomic mass is 16.4. The average Bonchev–Trinajstić information content (AvgIpc) is 2.92. The molecular formula is C14H17N3O3. The monoisotopic (exact) mass is 275 g/mol. The molecule has 0 aliphatic carbocycles. The van der Waals surface area contributed by atoms with E-state index in [4.69, 9.17) is 10.2 Å². The third-order valence-electron chi connectivity index (χ3n) is 2.79. The van der Waals surface area contributed by atoms with Gasteiger partial charge in [-0.05, 0) is 24.6 Å². The molecule has 0 aliphatic heterocycles. The summed E-state index contributed by atoms with van der Waals surface area (Å²) in [6, 6.07) is 6.23. The standard InChI is InChI=1S/C14H17N3O3/c1-2-7-17-9-10(3-6-13(17)18)16-14(19)12-5-4-11(8-15)20-12/h3-6,9H,2,7-8,15H2,1H3,(H,16,19). The maximum absolute atomic E-state index is 12.0. The Kier molecular flexibility index (Phi) is 4.37. The number of hydrogen-bond donors (Lipinski definition) is 2. The summed E-state index contributed by atoms with van der Waals surface area (Å²) in [7, 11) is 0. The zero-order chi connectivity index (χ0) is 14.5. The average molecular weight is 275 g/mol. The van der Waals surface area contributed by atoms with Crippen molar-refractivity contribution in [3.63, 3.8) is 0 Å². The Morgan fingerprint density at radius 3 is 2.80 bits per heavy atom. The summed E-state index contributed by atoms with van der Waals surface area (Å²) in [6.07, 6.45) is 2.46. The molecule has 3 N–H and O–H groups in total. The fourth-order valence-electron chi connectivity index (χ4n) is 1.82. The zero-order valence-electron chi connectivity index (χ0n) is 11.3. The van der Waals surface area contributed by atoms with Gasteiger partial charge in [-0.1, -0.05) is 6.92 Å². The molecule has 2 aromatic heterocycles. The molecule has 0 saturated carbocycles. The van der Waals surface area contributed by atoms with Gasteiger partial charge in [-0.2, -0.15) is 0 Å². The van der Waals surface area contributed by atoms with Crippen LogP contribution in [0.5, 0.6) is 0 Å². The molecule has 0 fully saturated rings. The first-order chi connectivity index (χ1) is 9.63. The molecule has 2 heterocycles. The number of anilines is 1. The van der Waals surface area contributed by atoms with E-state index in [-0.39, 0.29) is 23.8 Å². The van der Waals surface area contributed by atoms with Crippen molar-refractivity contribution >= 4 is 11.6 Å². The highest BCUT2D eigenvalue weighted by Gasteiger charge is 2.11. The van der Waals surface area contributed by atoms with Gasteiger partial charge in [0.1, 0.15) is 5.76 Å². The largest absolute Gasteiger partial charge is 0.455 e. The summed E-state index contributed by atoms with van der Waals surface area (Å²) in [5.74, 6) is 0.371. The van der Waals surface area contributed by atoms with Crippen LogP contribution in [0.2, 0.25) is 0 Å². The lowest BCUT2D eigenvalue weighted by Gasteiger charge is -2.07. The van der Waals surface area contributed by atoms with Crippen LogP contribution in [0.3, 0.4) is 0 Å². The molecule has 20 heavy (non-hydrogen) atoms. The number of amides is 1. The second-order valence-electron chi connectivity index (χ2n) is 4.37. The Hall–Kier alpha value is -2.34. The minimum Gasteiger partial charge on any atom is -0.455 e. The van der Waals surface area contributed by atoms with Crippen molar-refractivity contribution in [2.75, 3.05) is 5.32 Å². The Balaban J connectivity index is 2.15. The van der Waals surface area contributed by atoms with E-state index in [1.165, 1.54) is 6.07 Å². The highest BCUT2D eigenvalue weighted by molar-refractivity contribution is 6.02. The molecule has 0 saturated heterocycles. The number of pyridine rings is 1. The van der Waals surface area contributed by atoms with Crippen molar-refractivity contribution in [1.29, 1.82) is 0 Å². The van der Waals surface area contributed by atoms with Gasteiger partial charge in [-0.3, -0.25) is 9.59 Å². The molecule has 0 aromatic carbocycles. The van der Waals surface area contributed by atoms with Crippen molar-refractivity contribution < 1.29 is 9.21 Å². The summed E-state index contributed by atoms with van der Waals surface area (Å²) in [5, 5.41) is 2.69. The van der Waals surface area contributed by atoms with Crippen LogP contribution in [0.25, 0.3) is 0 Å². The minimum atomic E-state index is -0.369. The molecule has 2 rings (SSSR count). The van der Waals surface area contributed by atoms with Gasteiger partial charge in [0.05, 0.1) is 12.2 Å². The Morgan fingerprint density at radius 2 is 2.15 bits per heavy atom. The van der Waals surface area contributed by atoms with Gasteiger partial charge >= 0.3 is 0 Å². The first-order valence-electron chi connectivity index (χ1n) is 6.44. The lowest BCUT2D eigenvalue weighted by molar-refractivity contribution is 0.0995. The van der Waals surface area contributed by atoms with E-state index in [0.29, 0.717) is 18.0 Å². The van der Waals surface area contributed by atoms with Crippen LogP contribution in [-0.2, 0) is 13.1 Å². The van der Waals surface area contributed by atoms with Crippen LogP contribution in [-0.4, -0.2) is 10.5 Å². The van der Waals surface area contributed by atoms with Crippen molar-refractivity contribution in [3.8, 4) is 0 Å². The van der Waals surface area contributed by atoms with Gasteiger partial charge in [0.15, 0.2) is 5.76 Å². The Morgan fingerprint density at radius 1 is 1.35 bits per heavy atom. The number of carbonyl (C=O) groups excluding carboxylic acids is 1. The van der Waals surface area contributed by atoms with Crippen LogP contribution < -0.4 is 16.6 Å². The van der Waals surface area contributed by atoms with Crippen molar-refractivity contribution in [3.05, 3.63) is 52.3 Å². The van der Waals surface area contributed by atoms with Crippen LogP contribution >= 0.6 is 0 Å². The van der Waals surface area contributed by atoms with Gasteiger partial charge in [0.25, 0.3) is 11.5 Å². The normalized spacial score (nSPS) is 10.5. The zero-order valence-corrected chi connectivity index (χ0v) is 11.3. The minimum absolute atomic E-state index is 0.0896. The van der Waals surface area contributed by atoms with E-state index in [9.17, 15) is 9.59 Å². The van der Waals surface area contributed by atoms with Gasteiger partial charge in [0.2, 0.25) is 0 Å². The first kappa shape index (κ1) is 14.1. The van der Waals surface area contributed by atoms with Crippen molar-refractivity contribution in [2.24, 2.45) is 5.73 Å². The number of rotatable bonds is 5. The second kappa shape index (κ2) is 6.21. The number of nitrogens with zero attached hydrogens (tertiary/aromatic N) is 1. The molecule has 0 spiro atoms. The predicted octanol–water partition coefficient (Wildman–Crippen LogP) is 1.56. The Bertz CT molecular complexity index is 658. The molecule has 0 radical (unpaired) electrons. The number of aromatic nitrogens is 1. The number of hydrogen-bond acceptors (Lipinski definition) is 4. The van der Waals surface area contributed by atoms with E-state index in [1.807, 2.05) is 6.92 Å². The van der Waals surface area contributed by atoms with E-state index in [2.05, 4.69) is 5.32 Å². The van der Waals surface area contributed by atoms with Gasteiger partial charge in [-0.15, -0.1) is 0 Å². The van der Waals surface area contributed by atoms with Crippen LogP contribution in [0.15, 0.2) is 39.7 Å². The highest BCUT2D eigenvalue weighted by Crippen LogP contribution is 2.11. The number of aryl methyl sites for hydroxylation is 1. The van der Waals surface area contributed by atoms with Gasteiger partial charge < -0.3 is 20.0 Å². The first-order valence-corrected chi connectivity index (χ1v) is 6.44. The van der Waals surface area contributed by atoms with Gasteiger partial charge in [0, 0.05) is 18.8 Å². The number of nitrogens with two attached hydrogens (primary N) is 1. The molecular weight excluding hydrogens is 258 g/mol. The third-order valence-corrected chi connectivity index (χ3v) is 2.79. The molecule has 6 nitrogen and oxygen atoms in total. The fourth-order valence-corrected chi connectivity index (χ4v) is 1.82. The summed E-state index contributed by atoms with van der Waals surface area (Å²) in [4.78, 5) is 23.5. The SMILES string of the molecule is CCCn1cc(NC(=O)c2ccc(CN)o2)ccc1=O. The smallest absolute Gasteiger partial charge is 0.291 e. The molecule has 1 amide bonds. The van der Waals surface area contributed by atoms with Crippen molar-refractivity contribution in [1.82, 2.24) is 4.57 Å². The second-order valence-corrected chi connectivity index (χ2v) is 4.37. The number of carbonyl (C=O) groups is 1. The summed E-state index contributed by atoms with van der Waals surface area (Å²) < 4.78 is 6.82. The molecule has 0 atom stereocenters. The fraction of sp³-hybridized carbons (Fsp3) is 0.286. The van der Waals surface area contributed by atoms with Gasteiger partial charge in [-0.25, -0.2) is 0 Å². The maximum atomic E-state index is 12.0. The van der Waals surface area contributed by atoms with E-state index >= 15 is 0 Å². The van der Waals surface area contributed by atoms with Crippen molar-refractivity contribution in [2.45, 2.75) is 26.4 Å². The van der Waals surface area contributed by atoms with E-state index in [0.717, 1.165) is 6.42 Å². The molecule has 6 heteroatoms. The summed E-state index contributed by atoms with van der Waals surface area (Å²) in [5.41, 5.74) is 5.88. The Labute approximate surface area is 116 Å². The number of nitrogens with one attached hydrogen (secondary N) is 1. The molecule has 0 bridgehead atoms. The van der Waals surface area contributed by atoms with Crippen LogP contribution in [0, 0.1) is 0 Å². The lowest BCUT2D eigenvalue weighted by atomic mass is 10.3. The van der Waals surface area contributed by atoms with E-state index < -0.39 is 0 Å². The molecule has 0 aliphatic rings. The topological polar surface area (TPSA) is 90.3 Å². The predicted molar refractivity (Wildman–Crippen MR) is 75.5 cm³/mol. The molecule has 2 aromatic rings. The van der Waals surface area contributed by atoms with Crippen LogP contribution in [0.1, 0.15) is 29.7 Å². The quantitative estimate of drug-likeness (QED) is 0.866. The summed E-state index contributed by atoms with van der Waals surface area (Å²) in [6.45, 7) is 2.84. The molecule has 106 valence electrons.